The third-order valence-electron chi connectivity index (χ3n) is 10.5. The second-order valence-corrected chi connectivity index (χ2v) is 14.3. The summed E-state index contributed by atoms with van der Waals surface area (Å²) >= 11 is 1.87. The molecule has 0 fully saturated rings. The van der Waals surface area contributed by atoms with Crippen LogP contribution in [0.1, 0.15) is 11.1 Å². The van der Waals surface area contributed by atoms with Crippen LogP contribution in [0.15, 0.2) is 140 Å². The van der Waals surface area contributed by atoms with Crippen LogP contribution in [-0.4, -0.2) is 4.40 Å². The maximum atomic E-state index is 9.30. The van der Waals surface area contributed by atoms with Gasteiger partial charge >= 0.3 is 0 Å². The van der Waals surface area contributed by atoms with Crippen molar-refractivity contribution in [2.75, 3.05) is 0 Å². The highest BCUT2D eigenvalue weighted by Crippen LogP contribution is 2.49. The van der Waals surface area contributed by atoms with E-state index in [0.717, 1.165) is 22.3 Å². The molecule has 11 rings (SSSR count). The molecular weight excluding hydrogens is 627 g/mol. The number of nitriles is 2. The highest BCUT2D eigenvalue weighted by molar-refractivity contribution is 7.26. The molecule has 0 saturated heterocycles. The van der Waals surface area contributed by atoms with Gasteiger partial charge in [0, 0.05) is 41.7 Å². The fraction of sp³-hybridized carbons (Fsp3) is 0. The number of thiophene rings is 1. The molecule has 3 aromatic heterocycles. The largest absolute Gasteiger partial charge is 0.308 e. The van der Waals surface area contributed by atoms with Crippen molar-refractivity contribution in [1.82, 2.24) is 4.40 Å². The number of nitrogens with zero attached hydrogens (tertiary/aromatic N) is 3. The Hall–Kier alpha value is -6.72. The van der Waals surface area contributed by atoms with Crippen LogP contribution in [0.5, 0.6) is 0 Å². The second kappa shape index (κ2) is 9.91. The topological polar surface area (TPSA) is 52.0 Å². The Balaban J connectivity index is 1.23. The van der Waals surface area contributed by atoms with Crippen LogP contribution in [0.3, 0.4) is 0 Å². The predicted octanol–water partition coefficient (Wildman–Crippen LogP) is 12.6. The van der Waals surface area contributed by atoms with Gasteiger partial charge in [0.05, 0.1) is 39.8 Å². The maximum absolute atomic E-state index is 9.30. The lowest BCUT2D eigenvalue weighted by Crippen LogP contribution is -1.84. The molecule has 11 aromatic rings. The fourth-order valence-electron chi connectivity index (χ4n) is 8.14. The van der Waals surface area contributed by atoms with Crippen LogP contribution in [0.2, 0.25) is 0 Å². The molecule has 8 aromatic carbocycles. The molecule has 0 unspecified atom stereocenters. The van der Waals surface area contributed by atoms with Gasteiger partial charge in [-0.05, 0) is 117 Å². The Morgan fingerprint density at radius 1 is 0.420 bits per heavy atom. The molecule has 4 heteroatoms. The first-order valence-corrected chi connectivity index (χ1v) is 17.4. The number of rotatable bonds is 2. The van der Waals surface area contributed by atoms with Crippen LogP contribution >= 0.6 is 11.3 Å². The standard InChI is InChI=1S/C46H23N3S/c47-24-26-5-9-28(10-6-26)30-13-15-32-21-40-37(19-34(32)17-30)38-23-43-44(36-3-1-2-4-42(36)50-43)45-39-20-35-18-31(29-11-7-27(25-48)8-12-29)14-16-33(35)22-41(39)49(40)46(38)45/h1-23H. The Morgan fingerprint density at radius 3 is 1.60 bits per heavy atom. The summed E-state index contributed by atoms with van der Waals surface area (Å²) in [5.41, 5.74) is 9.53. The van der Waals surface area contributed by atoms with E-state index in [1.54, 1.807) is 0 Å². The van der Waals surface area contributed by atoms with E-state index in [1.807, 2.05) is 59.9 Å². The molecule has 0 amide bonds. The molecule has 0 spiro atoms. The van der Waals surface area contributed by atoms with E-state index < -0.39 is 0 Å². The van der Waals surface area contributed by atoms with Crippen molar-refractivity contribution in [1.29, 1.82) is 10.5 Å². The summed E-state index contributed by atoms with van der Waals surface area (Å²) in [7, 11) is 0. The van der Waals surface area contributed by atoms with E-state index in [2.05, 4.69) is 108 Å². The minimum Gasteiger partial charge on any atom is -0.308 e. The third kappa shape index (κ3) is 3.71. The van der Waals surface area contributed by atoms with Gasteiger partial charge in [0.2, 0.25) is 0 Å². The summed E-state index contributed by atoms with van der Waals surface area (Å²) < 4.78 is 5.11. The van der Waals surface area contributed by atoms with Crippen molar-refractivity contribution in [3.05, 3.63) is 151 Å². The van der Waals surface area contributed by atoms with Crippen molar-refractivity contribution >= 4 is 91.1 Å². The van der Waals surface area contributed by atoms with Gasteiger partial charge in [0.15, 0.2) is 0 Å². The lowest BCUT2D eigenvalue weighted by molar-refractivity contribution is 1.38. The first-order chi connectivity index (χ1) is 24.6. The van der Waals surface area contributed by atoms with Crippen LogP contribution in [0, 0.1) is 22.7 Å². The van der Waals surface area contributed by atoms with Gasteiger partial charge in [-0.25, -0.2) is 0 Å². The monoisotopic (exact) mass is 649 g/mol. The third-order valence-corrected chi connectivity index (χ3v) is 11.6. The van der Waals surface area contributed by atoms with Gasteiger partial charge in [-0.1, -0.05) is 66.7 Å². The molecule has 3 nitrogen and oxygen atoms in total. The molecule has 228 valence electrons. The summed E-state index contributed by atoms with van der Waals surface area (Å²) in [4.78, 5) is 0. The SMILES string of the molecule is N#Cc1ccc(-c2ccc3cc4c(cc3c2)c2cc3sc5ccccc5c3c3c5cc6cc(-c7ccc(C#N)cc7)ccc6cc5n4c23)cc1. The van der Waals surface area contributed by atoms with Crippen LogP contribution in [0.4, 0.5) is 0 Å². The van der Waals surface area contributed by atoms with Crippen LogP contribution < -0.4 is 0 Å². The number of hydrogen-bond donors (Lipinski definition) is 0. The summed E-state index contributed by atoms with van der Waals surface area (Å²) in [6, 6.07) is 54.2. The van der Waals surface area contributed by atoms with Crippen molar-refractivity contribution in [3.63, 3.8) is 0 Å². The number of fused-ring (bicyclic) bond motifs is 12. The zero-order valence-corrected chi connectivity index (χ0v) is 27.3. The minimum absolute atomic E-state index is 0.668. The zero-order valence-electron chi connectivity index (χ0n) is 26.5. The molecule has 0 saturated carbocycles. The summed E-state index contributed by atoms with van der Waals surface area (Å²) in [5, 5.41) is 31.1. The van der Waals surface area contributed by atoms with Gasteiger partial charge in [0.25, 0.3) is 0 Å². The minimum atomic E-state index is 0.668. The molecule has 0 radical (unpaired) electrons. The normalized spacial score (nSPS) is 12.0. The van der Waals surface area contributed by atoms with Crippen LogP contribution in [0.25, 0.3) is 102 Å². The lowest BCUT2D eigenvalue weighted by atomic mass is 9.97. The van der Waals surface area contributed by atoms with Crippen LogP contribution in [-0.2, 0) is 0 Å². The summed E-state index contributed by atoms with van der Waals surface area (Å²) in [6.45, 7) is 0. The Kier molecular flexibility index (Phi) is 5.40. The molecular formula is C46H23N3S. The smallest absolute Gasteiger partial charge is 0.0991 e. The van der Waals surface area contributed by atoms with E-state index in [1.165, 1.54) is 79.8 Å². The molecule has 50 heavy (non-hydrogen) atoms. The summed E-state index contributed by atoms with van der Waals surface area (Å²) in [5.74, 6) is 0. The first-order valence-electron chi connectivity index (χ1n) is 16.6. The second-order valence-electron chi connectivity index (χ2n) is 13.2. The average molecular weight is 650 g/mol. The lowest BCUT2D eigenvalue weighted by Gasteiger charge is -2.08. The van der Waals surface area contributed by atoms with Gasteiger partial charge in [-0.2, -0.15) is 10.5 Å². The molecule has 0 aliphatic carbocycles. The van der Waals surface area contributed by atoms with Crippen molar-refractivity contribution in [2.24, 2.45) is 0 Å². The predicted molar refractivity (Wildman–Crippen MR) is 209 cm³/mol. The fourth-order valence-corrected chi connectivity index (χ4v) is 9.29. The highest BCUT2D eigenvalue weighted by Gasteiger charge is 2.23. The molecule has 0 bridgehead atoms. The number of benzene rings is 8. The maximum Gasteiger partial charge on any atom is 0.0991 e. The van der Waals surface area contributed by atoms with E-state index in [9.17, 15) is 10.5 Å². The van der Waals surface area contributed by atoms with E-state index >= 15 is 0 Å². The van der Waals surface area contributed by atoms with Crippen molar-refractivity contribution < 1.29 is 0 Å². The molecule has 0 N–H and O–H groups in total. The zero-order chi connectivity index (χ0) is 33.1. The summed E-state index contributed by atoms with van der Waals surface area (Å²) in [6.07, 6.45) is 0. The van der Waals surface area contributed by atoms with E-state index in [4.69, 9.17) is 0 Å². The van der Waals surface area contributed by atoms with Gasteiger partial charge < -0.3 is 4.40 Å². The van der Waals surface area contributed by atoms with Gasteiger partial charge in [-0.3, -0.25) is 0 Å². The van der Waals surface area contributed by atoms with Crippen molar-refractivity contribution in [2.45, 2.75) is 0 Å². The first kappa shape index (κ1) is 27.3. The Bertz CT molecular complexity index is 3310. The Morgan fingerprint density at radius 2 is 0.980 bits per heavy atom. The van der Waals surface area contributed by atoms with E-state index in [0.29, 0.717) is 11.1 Å². The molecule has 0 aliphatic heterocycles. The van der Waals surface area contributed by atoms with E-state index in [-0.39, 0.29) is 0 Å². The quantitative estimate of drug-likeness (QED) is 0.187. The number of hydrogen-bond acceptors (Lipinski definition) is 3. The molecule has 0 aliphatic rings. The highest BCUT2D eigenvalue weighted by atomic mass is 32.1. The Labute approximate surface area is 290 Å². The van der Waals surface area contributed by atoms with Crippen molar-refractivity contribution in [3.8, 4) is 34.4 Å². The molecule has 0 atom stereocenters. The molecule has 3 heterocycles. The van der Waals surface area contributed by atoms with Gasteiger partial charge in [-0.15, -0.1) is 11.3 Å². The average Bonchev–Trinajstić information content (AvgIpc) is 3.81. The van der Waals surface area contributed by atoms with Gasteiger partial charge in [0.1, 0.15) is 0 Å². The number of aromatic nitrogens is 1.